The van der Waals surface area contributed by atoms with Crippen LogP contribution < -0.4 is 4.90 Å². The van der Waals surface area contributed by atoms with E-state index in [1.165, 1.54) is 21.9 Å². The van der Waals surface area contributed by atoms with Gasteiger partial charge in [-0.05, 0) is 110 Å². The van der Waals surface area contributed by atoms with E-state index in [-0.39, 0.29) is 0 Å². The Hall–Kier alpha value is -8.14. The van der Waals surface area contributed by atoms with E-state index in [2.05, 4.69) is 205 Å². The van der Waals surface area contributed by atoms with Crippen molar-refractivity contribution in [3.8, 4) is 44.5 Å². The molecule has 12 aromatic rings. The number of benzene rings is 10. The van der Waals surface area contributed by atoms with Crippen molar-refractivity contribution >= 4 is 71.7 Å². The van der Waals surface area contributed by atoms with Crippen LogP contribution in [-0.2, 0) is 0 Å². The molecular weight excluding hydrogens is 743 g/mol. The summed E-state index contributed by atoms with van der Waals surface area (Å²) in [5, 5.41) is 6.97. The molecule has 0 aliphatic carbocycles. The van der Waals surface area contributed by atoms with Crippen molar-refractivity contribution in [1.82, 2.24) is 0 Å². The maximum Gasteiger partial charge on any atom is 0.136 e. The number of furan rings is 2. The van der Waals surface area contributed by atoms with E-state index in [9.17, 15) is 0 Å². The van der Waals surface area contributed by atoms with Crippen LogP contribution in [0.3, 0.4) is 0 Å². The van der Waals surface area contributed by atoms with Crippen molar-refractivity contribution in [3.63, 3.8) is 0 Å². The molecule has 0 bridgehead atoms. The first-order valence-electron chi connectivity index (χ1n) is 20.7. The minimum absolute atomic E-state index is 0.876. The molecule has 3 heteroatoms. The van der Waals surface area contributed by atoms with Gasteiger partial charge in [-0.3, -0.25) is 0 Å². The number of anilines is 3. The Bertz CT molecular complexity index is 3590. The van der Waals surface area contributed by atoms with Crippen molar-refractivity contribution in [3.05, 3.63) is 224 Å². The van der Waals surface area contributed by atoms with Gasteiger partial charge in [-0.25, -0.2) is 0 Å². The Morgan fingerprint density at radius 2 is 0.820 bits per heavy atom. The molecule has 10 aromatic carbocycles. The van der Waals surface area contributed by atoms with Crippen LogP contribution >= 0.6 is 0 Å². The monoisotopic (exact) mass is 779 g/mol. The lowest BCUT2D eigenvalue weighted by Crippen LogP contribution is -2.11. The lowest BCUT2D eigenvalue weighted by Gasteiger charge is -2.28. The highest BCUT2D eigenvalue weighted by Crippen LogP contribution is 2.46. The van der Waals surface area contributed by atoms with Gasteiger partial charge in [-0.1, -0.05) is 164 Å². The fourth-order valence-corrected chi connectivity index (χ4v) is 9.18. The number of nitrogens with zero attached hydrogens (tertiary/aromatic N) is 1. The van der Waals surface area contributed by atoms with Gasteiger partial charge in [0.2, 0.25) is 0 Å². The van der Waals surface area contributed by atoms with Gasteiger partial charge in [-0.2, -0.15) is 0 Å². The summed E-state index contributed by atoms with van der Waals surface area (Å²) < 4.78 is 12.5. The van der Waals surface area contributed by atoms with Crippen LogP contribution in [0.1, 0.15) is 0 Å². The van der Waals surface area contributed by atoms with Crippen LogP contribution in [0.2, 0.25) is 0 Å². The van der Waals surface area contributed by atoms with E-state index < -0.39 is 0 Å². The summed E-state index contributed by atoms with van der Waals surface area (Å²) in [4.78, 5) is 2.39. The SMILES string of the molecule is c1cc(-c2ccc(-c3cccc4ccccc34)cc2)cc(N(c2ccc(-c3ccc4oc5ccccc5c4c3)cc2)c2ccccc2-c2cccc3oc4ccccc4c23)c1. The third-order valence-electron chi connectivity index (χ3n) is 12.1. The molecule has 3 nitrogen and oxygen atoms in total. The lowest BCUT2D eigenvalue weighted by molar-refractivity contribution is 0.668. The second-order valence-corrected chi connectivity index (χ2v) is 15.6. The first kappa shape index (κ1) is 34.9. The van der Waals surface area contributed by atoms with Gasteiger partial charge in [0.15, 0.2) is 0 Å². The summed E-state index contributed by atoms with van der Waals surface area (Å²) in [7, 11) is 0. The molecule has 0 aliphatic heterocycles. The molecule has 0 saturated heterocycles. The summed E-state index contributed by atoms with van der Waals surface area (Å²) >= 11 is 0. The van der Waals surface area contributed by atoms with E-state index in [0.717, 1.165) is 94.3 Å². The zero-order chi connectivity index (χ0) is 40.3. The topological polar surface area (TPSA) is 29.5 Å². The van der Waals surface area contributed by atoms with E-state index in [1.54, 1.807) is 0 Å². The highest BCUT2D eigenvalue weighted by atomic mass is 16.3. The van der Waals surface area contributed by atoms with Gasteiger partial charge in [0, 0.05) is 38.5 Å². The molecule has 0 amide bonds. The molecule has 12 rings (SSSR count). The average molecular weight is 780 g/mol. The quantitative estimate of drug-likeness (QED) is 0.161. The Morgan fingerprint density at radius 1 is 0.279 bits per heavy atom. The highest BCUT2D eigenvalue weighted by Gasteiger charge is 2.21. The summed E-state index contributed by atoms with van der Waals surface area (Å²) in [5.41, 5.74) is 16.0. The molecule has 2 heterocycles. The van der Waals surface area contributed by atoms with Crippen LogP contribution in [0.15, 0.2) is 233 Å². The Kier molecular flexibility index (Phi) is 8.17. The second-order valence-electron chi connectivity index (χ2n) is 15.6. The fraction of sp³-hybridized carbons (Fsp3) is 0. The number of fused-ring (bicyclic) bond motifs is 7. The van der Waals surface area contributed by atoms with Crippen LogP contribution in [-0.4, -0.2) is 0 Å². The van der Waals surface area contributed by atoms with Crippen LogP contribution in [0.4, 0.5) is 17.1 Å². The summed E-state index contributed by atoms with van der Waals surface area (Å²) in [6.07, 6.45) is 0. The molecule has 286 valence electrons. The molecule has 0 atom stereocenters. The number of hydrogen-bond acceptors (Lipinski definition) is 3. The first-order chi connectivity index (χ1) is 30.2. The lowest BCUT2D eigenvalue weighted by atomic mass is 9.95. The Morgan fingerprint density at radius 3 is 1.67 bits per heavy atom. The fourth-order valence-electron chi connectivity index (χ4n) is 9.18. The van der Waals surface area contributed by atoms with E-state index in [0.29, 0.717) is 0 Å². The van der Waals surface area contributed by atoms with Gasteiger partial charge in [0.25, 0.3) is 0 Å². The molecule has 0 unspecified atom stereocenters. The van der Waals surface area contributed by atoms with Crippen LogP contribution in [0.5, 0.6) is 0 Å². The number of rotatable bonds is 7. The van der Waals surface area contributed by atoms with Gasteiger partial charge in [-0.15, -0.1) is 0 Å². The van der Waals surface area contributed by atoms with Gasteiger partial charge in [0.05, 0.1) is 5.69 Å². The van der Waals surface area contributed by atoms with Crippen molar-refractivity contribution in [1.29, 1.82) is 0 Å². The normalized spacial score (nSPS) is 11.6. The third-order valence-corrected chi connectivity index (χ3v) is 12.1. The summed E-state index contributed by atoms with van der Waals surface area (Å²) in [6, 6.07) is 80.1. The third kappa shape index (κ3) is 5.98. The molecule has 2 aromatic heterocycles. The molecule has 0 saturated carbocycles. The van der Waals surface area contributed by atoms with Crippen LogP contribution in [0.25, 0.3) is 99.2 Å². The summed E-state index contributed by atoms with van der Waals surface area (Å²) in [6.45, 7) is 0. The highest BCUT2D eigenvalue weighted by molar-refractivity contribution is 6.14. The minimum Gasteiger partial charge on any atom is -0.456 e. The summed E-state index contributed by atoms with van der Waals surface area (Å²) in [5.74, 6) is 0. The van der Waals surface area contributed by atoms with Gasteiger partial charge < -0.3 is 13.7 Å². The zero-order valence-electron chi connectivity index (χ0n) is 33.1. The molecular formula is C58H37NO2. The standard InChI is InChI=1S/C58H37NO2/c1-2-16-46-40(12-1)13-10-20-47(46)41-28-26-38(27-29-41)42-14-9-15-45(36-42)59(44-33-30-39(31-34-44)43-32-35-56-52(37-43)49-18-4-7-23-54(49)60-56)53-22-6-3-17-48(53)50-21-11-25-57-58(50)51-19-5-8-24-55(51)61-57/h1-37H. The Labute approximate surface area is 353 Å². The predicted octanol–water partition coefficient (Wildman–Crippen LogP) is 16.8. The molecule has 0 fully saturated rings. The molecule has 0 spiro atoms. The van der Waals surface area contributed by atoms with Gasteiger partial charge in [0.1, 0.15) is 22.3 Å². The smallest absolute Gasteiger partial charge is 0.136 e. The van der Waals surface area contributed by atoms with E-state index in [1.807, 2.05) is 24.3 Å². The van der Waals surface area contributed by atoms with Gasteiger partial charge >= 0.3 is 0 Å². The van der Waals surface area contributed by atoms with Crippen molar-refractivity contribution in [2.75, 3.05) is 4.90 Å². The molecule has 0 radical (unpaired) electrons. The first-order valence-corrected chi connectivity index (χ1v) is 20.7. The second kappa shape index (κ2) is 14.3. The maximum absolute atomic E-state index is 6.39. The maximum atomic E-state index is 6.39. The van der Waals surface area contributed by atoms with Crippen molar-refractivity contribution in [2.24, 2.45) is 0 Å². The average Bonchev–Trinajstić information content (AvgIpc) is 3.90. The van der Waals surface area contributed by atoms with E-state index in [4.69, 9.17) is 8.83 Å². The predicted molar refractivity (Wildman–Crippen MR) is 255 cm³/mol. The largest absolute Gasteiger partial charge is 0.456 e. The van der Waals surface area contributed by atoms with Crippen molar-refractivity contribution in [2.45, 2.75) is 0 Å². The Balaban J connectivity index is 0.990. The zero-order valence-corrected chi connectivity index (χ0v) is 33.1. The molecule has 61 heavy (non-hydrogen) atoms. The van der Waals surface area contributed by atoms with Crippen molar-refractivity contribution < 1.29 is 8.83 Å². The number of para-hydroxylation sites is 3. The number of hydrogen-bond donors (Lipinski definition) is 0. The van der Waals surface area contributed by atoms with Crippen LogP contribution in [0, 0.1) is 0 Å². The molecule has 0 aliphatic rings. The van der Waals surface area contributed by atoms with E-state index >= 15 is 0 Å². The minimum atomic E-state index is 0.876. The molecule has 0 N–H and O–H groups in total.